The Hall–Kier alpha value is -3.07. The molecule has 0 unspecified atom stereocenters. The van der Waals surface area contributed by atoms with E-state index in [9.17, 15) is 4.79 Å². The molecule has 0 atom stereocenters. The number of ether oxygens (including phenoxy) is 1. The van der Waals surface area contributed by atoms with Gasteiger partial charge < -0.3 is 10.1 Å². The lowest BCUT2D eigenvalue weighted by Gasteiger charge is -2.36. The first-order valence-electron chi connectivity index (χ1n) is 10.8. The van der Waals surface area contributed by atoms with E-state index in [1.807, 2.05) is 61.5 Å². The Balaban J connectivity index is 1.49. The van der Waals surface area contributed by atoms with Crippen LogP contribution in [0.2, 0.25) is 0 Å². The number of aryl methyl sites for hydroxylation is 1. The summed E-state index contributed by atoms with van der Waals surface area (Å²) in [5.74, 6) is 0.943. The van der Waals surface area contributed by atoms with Gasteiger partial charge in [0.1, 0.15) is 12.4 Å². The van der Waals surface area contributed by atoms with Crippen LogP contribution in [0.5, 0.6) is 5.75 Å². The number of rotatable bonds is 6. The van der Waals surface area contributed by atoms with Crippen molar-refractivity contribution in [2.45, 2.75) is 51.0 Å². The zero-order valence-corrected chi connectivity index (χ0v) is 17.6. The average Bonchev–Trinajstić information content (AvgIpc) is 2.80. The van der Waals surface area contributed by atoms with Crippen LogP contribution in [0, 0.1) is 6.92 Å². The third-order valence-corrected chi connectivity index (χ3v) is 6.14. The Morgan fingerprint density at radius 2 is 1.57 bits per heavy atom. The number of amides is 1. The fourth-order valence-electron chi connectivity index (χ4n) is 4.43. The maximum absolute atomic E-state index is 13.5. The largest absolute Gasteiger partial charge is 0.489 e. The van der Waals surface area contributed by atoms with Crippen molar-refractivity contribution in [3.63, 3.8) is 0 Å². The molecule has 3 heteroatoms. The van der Waals surface area contributed by atoms with Gasteiger partial charge in [0.15, 0.2) is 0 Å². The van der Waals surface area contributed by atoms with Crippen molar-refractivity contribution in [3.8, 4) is 5.75 Å². The van der Waals surface area contributed by atoms with Gasteiger partial charge in [-0.15, -0.1) is 0 Å². The van der Waals surface area contributed by atoms with Gasteiger partial charge in [0, 0.05) is 5.69 Å². The number of benzene rings is 3. The number of hydrogen-bond acceptors (Lipinski definition) is 2. The molecule has 154 valence electrons. The highest BCUT2D eigenvalue weighted by atomic mass is 16.5. The number of carbonyl (C=O) groups is 1. The lowest BCUT2D eigenvalue weighted by atomic mass is 9.68. The van der Waals surface area contributed by atoms with Crippen LogP contribution in [-0.4, -0.2) is 5.91 Å². The molecule has 1 amide bonds. The fraction of sp³-hybridized carbons (Fsp3) is 0.296. The molecule has 0 aliphatic heterocycles. The Labute approximate surface area is 179 Å². The van der Waals surface area contributed by atoms with Crippen LogP contribution < -0.4 is 10.1 Å². The quantitative estimate of drug-likeness (QED) is 0.520. The summed E-state index contributed by atoms with van der Waals surface area (Å²) in [5.41, 5.74) is 3.67. The molecule has 0 bridgehead atoms. The zero-order valence-electron chi connectivity index (χ0n) is 17.6. The number of hydrogen-bond donors (Lipinski definition) is 1. The highest BCUT2D eigenvalue weighted by Gasteiger charge is 2.41. The van der Waals surface area contributed by atoms with Crippen LogP contribution in [-0.2, 0) is 16.8 Å². The number of anilines is 1. The maximum Gasteiger partial charge on any atom is 0.235 e. The molecule has 1 aliphatic carbocycles. The topological polar surface area (TPSA) is 38.3 Å². The highest BCUT2D eigenvalue weighted by Crippen LogP contribution is 2.40. The minimum atomic E-state index is -0.435. The molecule has 30 heavy (non-hydrogen) atoms. The van der Waals surface area contributed by atoms with Crippen LogP contribution in [0.15, 0.2) is 78.9 Å². The lowest BCUT2D eigenvalue weighted by Crippen LogP contribution is -2.42. The first-order chi connectivity index (χ1) is 14.7. The van der Waals surface area contributed by atoms with Gasteiger partial charge in [0.25, 0.3) is 0 Å². The molecular formula is C27H29NO2. The van der Waals surface area contributed by atoms with Gasteiger partial charge in [-0.05, 0) is 54.7 Å². The summed E-state index contributed by atoms with van der Waals surface area (Å²) in [4.78, 5) is 13.5. The van der Waals surface area contributed by atoms with Crippen molar-refractivity contribution in [1.82, 2.24) is 0 Å². The van der Waals surface area contributed by atoms with Gasteiger partial charge in [-0.1, -0.05) is 79.9 Å². The fourth-order valence-corrected chi connectivity index (χ4v) is 4.43. The molecule has 0 aromatic heterocycles. The lowest BCUT2D eigenvalue weighted by molar-refractivity contribution is -0.122. The van der Waals surface area contributed by atoms with Gasteiger partial charge in [-0.3, -0.25) is 4.79 Å². The number of carbonyl (C=O) groups excluding carboxylic acids is 1. The van der Waals surface area contributed by atoms with E-state index in [-0.39, 0.29) is 5.91 Å². The third-order valence-electron chi connectivity index (χ3n) is 6.14. The molecule has 0 heterocycles. The van der Waals surface area contributed by atoms with Crippen molar-refractivity contribution in [1.29, 1.82) is 0 Å². The minimum Gasteiger partial charge on any atom is -0.489 e. The zero-order chi connectivity index (χ0) is 20.8. The SMILES string of the molecule is Cc1cc(NC(=O)C2(c3ccccc3)CCCCC2)ccc1OCc1ccccc1. The molecule has 0 radical (unpaired) electrons. The first kappa shape index (κ1) is 20.2. The van der Waals surface area contributed by atoms with Crippen LogP contribution >= 0.6 is 0 Å². The average molecular weight is 400 g/mol. The van der Waals surface area contributed by atoms with Crippen LogP contribution in [0.3, 0.4) is 0 Å². The molecule has 1 fully saturated rings. The second-order valence-electron chi connectivity index (χ2n) is 8.22. The van der Waals surface area contributed by atoms with Gasteiger partial charge >= 0.3 is 0 Å². The van der Waals surface area contributed by atoms with Crippen molar-refractivity contribution in [2.24, 2.45) is 0 Å². The Morgan fingerprint density at radius 1 is 0.900 bits per heavy atom. The summed E-state index contributed by atoms with van der Waals surface area (Å²) >= 11 is 0. The summed E-state index contributed by atoms with van der Waals surface area (Å²) < 4.78 is 5.98. The third kappa shape index (κ3) is 4.40. The van der Waals surface area contributed by atoms with E-state index in [0.29, 0.717) is 6.61 Å². The second kappa shape index (κ2) is 9.17. The molecule has 4 rings (SSSR count). The van der Waals surface area contributed by atoms with Crippen molar-refractivity contribution < 1.29 is 9.53 Å². The van der Waals surface area contributed by atoms with Crippen molar-refractivity contribution in [3.05, 3.63) is 95.6 Å². The summed E-state index contributed by atoms with van der Waals surface area (Å²) in [6.07, 6.45) is 5.19. The maximum atomic E-state index is 13.5. The van der Waals surface area contributed by atoms with Crippen molar-refractivity contribution in [2.75, 3.05) is 5.32 Å². The molecule has 0 spiro atoms. The highest BCUT2D eigenvalue weighted by molar-refractivity contribution is 5.99. The minimum absolute atomic E-state index is 0.103. The Morgan fingerprint density at radius 3 is 2.23 bits per heavy atom. The normalized spacial score (nSPS) is 15.4. The van der Waals surface area contributed by atoms with Gasteiger partial charge in [0.2, 0.25) is 5.91 Å². The van der Waals surface area contributed by atoms with E-state index in [1.54, 1.807) is 0 Å². The standard InChI is InChI=1S/C27H29NO2/c1-21-19-24(15-16-25(21)30-20-22-11-5-2-6-12-22)28-26(29)27(17-9-4-10-18-27)23-13-7-3-8-14-23/h2-3,5-8,11-16,19H,4,9-10,17-18,20H2,1H3,(H,28,29). The molecule has 3 nitrogen and oxygen atoms in total. The first-order valence-corrected chi connectivity index (χ1v) is 10.8. The molecule has 3 aromatic carbocycles. The molecular weight excluding hydrogens is 370 g/mol. The van der Waals surface area contributed by atoms with Gasteiger partial charge in [-0.25, -0.2) is 0 Å². The van der Waals surface area contributed by atoms with E-state index >= 15 is 0 Å². The molecule has 1 aliphatic rings. The van der Waals surface area contributed by atoms with Crippen LogP contribution in [0.4, 0.5) is 5.69 Å². The molecule has 3 aromatic rings. The van der Waals surface area contributed by atoms with Gasteiger partial charge in [-0.2, -0.15) is 0 Å². The van der Waals surface area contributed by atoms with Gasteiger partial charge in [0.05, 0.1) is 5.41 Å². The Kier molecular flexibility index (Phi) is 6.18. The van der Waals surface area contributed by atoms with E-state index in [4.69, 9.17) is 4.74 Å². The monoisotopic (exact) mass is 399 g/mol. The summed E-state index contributed by atoms with van der Waals surface area (Å²) in [6, 6.07) is 26.3. The molecule has 1 N–H and O–H groups in total. The Bertz CT molecular complexity index is 976. The summed E-state index contributed by atoms with van der Waals surface area (Å²) in [7, 11) is 0. The predicted molar refractivity (Wildman–Crippen MR) is 122 cm³/mol. The van der Waals surface area contributed by atoms with E-state index in [0.717, 1.165) is 53.8 Å². The van der Waals surface area contributed by atoms with Crippen molar-refractivity contribution >= 4 is 11.6 Å². The second-order valence-corrected chi connectivity index (χ2v) is 8.22. The van der Waals surface area contributed by atoms with Crippen LogP contribution in [0.25, 0.3) is 0 Å². The van der Waals surface area contributed by atoms with E-state index in [1.165, 1.54) is 6.42 Å². The smallest absolute Gasteiger partial charge is 0.235 e. The molecule has 0 saturated heterocycles. The predicted octanol–water partition coefficient (Wildman–Crippen LogP) is 6.41. The van der Waals surface area contributed by atoms with Crippen LogP contribution in [0.1, 0.15) is 48.8 Å². The summed E-state index contributed by atoms with van der Waals surface area (Å²) in [6.45, 7) is 2.55. The molecule has 1 saturated carbocycles. The summed E-state index contributed by atoms with van der Waals surface area (Å²) in [5, 5.41) is 3.20. The van der Waals surface area contributed by atoms with E-state index < -0.39 is 5.41 Å². The number of nitrogens with one attached hydrogen (secondary N) is 1. The van der Waals surface area contributed by atoms with E-state index in [2.05, 4.69) is 29.6 Å².